The van der Waals surface area contributed by atoms with Crippen LogP contribution >= 0.6 is 0 Å². The molecule has 0 radical (unpaired) electrons. The summed E-state index contributed by atoms with van der Waals surface area (Å²) < 4.78 is 5.08. The molecule has 0 aliphatic heterocycles. The number of benzene rings is 2. The van der Waals surface area contributed by atoms with Crippen molar-refractivity contribution in [3.63, 3.8) is 0 Å². The van der Waals surface area contributed by atoms with E-state index in [1.165, 1.54) is 0 Å². The predicted octanol–water partition coefficient (Wildman–Crippen LogP) is 3.47. The lowest BCUT2D eigenvalue weighted by Gasteiger charge is -2.06. The highest BCUT2D eigenvalue weighted by Crippen LogP contribution is 2.15. The third kappa shape index (κ3) is 4.19. The summed E-state index contributed by atoms with van der Waals surface area (Å²) in [6.07, 6.45) is 0.770. The van der Waals surface area contributed by atoms with Crippen molar-refractivity contribution in [3.05, 3.63) is 59.7 Å². The molecule has 0 unspecified atom stereocenters. The number of amides is 1. The van der Waals surface area contributed by atoms with Gasteiger partial charge in [-0.2, -0.15) is 0 Å². The maximum absolute atomic E-state index is 12.2. The molecule has 2 aromatic carbocycles. The molecule has 4 heteroatoms. The minimum Gasteiger partial charge on any atom is -0.497 e. The van der Waals surface area contributed by atoms with Crippen molar-refractivity contribution < 1.29 is 14.3 Å². The topological polar surface area (TPSA) is 55.4 Å². The van der Waals surface area contributed by atoms with Crippen LogP contribution in [0.25, 0.3) is 0 Å². The van der Waals surface area contributed by atoms with E-state index in [0.29, 0.717) is 18.4 Å². The summed E-state index contributed by atoms with van der Waals surface area (Å²) >= 11 is 0. The zero-order valence-corrected chi connectivity index (χ0v) is 12.8. The van der Waals surface area contributed by atoms with Crippen molar-refractivity contribution in [2.24, 2.45) is 0 Å². The van der Waals surface area contributed by atoms with E-state index in [1.807, 2.05) is 24.3 Å². The highest BCUT2D eigenvalue weighted by molar-refractivity contribution is 5.97. The normalized spacial score (nSPS) is 10.1. The van der Waals surface area contributed by atoms with E-state index in [1.54, 1.807) is 38.3 Å². The van der Waals surface area contributed by atoms with Crippen LogP contribution in [-0.2, 0) is 11.2 Å². The summed E-state index contributed by atoms with van der Waals surface area (Å²) in [6, 6.07) is 14.4. The number of ketones is 1. The van der Waals surface area contributed by atoms with Gasteiger partial charge in [-0.05, 0) is 42.0 Å². The number of nitrogens with one attached hydrogen (secondary N) is 1. The number of Topliss-reactive ketones (excluding diaryl/α,β-unsaturated/α-hetero) is 1. The van der Waals surface area contributed by atoms with Gasteiger partial charge in [0.25, 0.3) is 0 Å². The highest BCUT2D eigenvalue weighted by atomic mass is 16.5. The van der Waals surface area contributed by atoms with Gasteiger partial charge in [0.1, 0.15) is 5.75 Å². The average molecular weight is 297 g/mol. The molecule has 0 saturated carbocycles. The van der Waals surface area contributed by atoms with Crippen molar-refractivity contribution in [1.29, 1.82) is 0 Å². The second kappa shape index (κ2) is 7.41. The van der Waals surface area contributed by atoms with Gasteiger partial charge >= 0.3 is 0 Å². The van der Waals surface area contributed by atoms with Crippen LogP contribution in [0.1, 0.15) is 29.3 Å². The van der Waals surface area contributed by atoms with E-state index in [0.717, 1.165) is 17.0 Å². The van der Waals surface area contributed by atoms with E-state index < -0.39 is 0 Å². The van der Waals surface area contributed by atoms with E-state index in [9.17, 15) is 9.59 Å². The Bertz CT molecular complexity index is 645. The van der Waals surface area contributed by atoms with Crippen molar-refractivity contribution in [2.45, 2.75) is 19.8 Å². The molecule has 2 rings (SSSR count). The fraction of sp³-hybridized carbons (Fsp3) is 0.222. The van der Waals surface area contributed by atoms with Crippen LogP contribution in [0.4, 0.5) is 5.69 Å². The fourth-order valence-electron chi connectivity index (χ4n) is 2.02. The van der Waals surface area contributed by atoms with Gasteiger partial charge in [-0.15, -0.1) is 0 Å². The molecule has 0 spiro atoms. The van der Waals surface area contributed by atoms with Crippen LogP contribution < -0.4 is 10.1 Å². The standard InChI is InChI=1S/C18H19NO3/c1-3-18(21)19-15-8-4-13(5-9-15)12-17(20)14-6-10-16(22-2)11-7-14/h4-11H,3,12H2,1-2H3,(H,19,21). The summed E-state index contributed by atoms with van der Waals surface area (Å²) in [5.74, 6) is 0.752. The van der Waals surface area contributed by atoms with E-state index in [4.69, 9.17) is 4.74 Å². The molecule has 0 fully saturated rings. The molecule has 1 N–H and O–H groups in total. The molecule has 1 amide bonds. The van der Waals surface area contributed by atoms with E-state index >= 15 is 0 Å². The molecule has 0 saturated heterocycles. The molecule has 0 heterocycles. The lowest BCUT2D eigenvalue weighted by atomic mass is 10.0. The van der Waals surface area contributed by atoms with Gasteiger partial charge in [0, 0.05) is 24.1 Å². The van der Waals surface area contributed by atoms with Crippen molar-refractivity contribution in [1.82, 2.24) is 0 Å². The molecular formula is C18H19NO3. The Balaban J connectivity index is 2.00. The number of hydrogen-bond acceptors (Lipinski definition) is 3. The Morgan fingerprint density at radius 1 is 1.00 bits per heavy atom. The predicted molar refractivity (Wildman–Crippen MR) is 86.4 cm³/mol. The zero-order chi connectivity index (χ0) is 15.9. The fourth-order valence-corrected chi connectivity index (χ4v) is 2.02. The first-order valence-electron chi connectivity index (χ1n) is 7.18. The Hall–Kier alpha value is -2.62. The number of rotatable bonds is 6. The number of hydrogen-bond donors (Lipinski definition) is 1. The molecule has 22 heavy (non-hydrogen) atoms. The van der Waals surface area contributed by atoms with Gasteiger partial charge in [0.05, 0.1) is 7.11 Å². The molecule has 0 aromatic heterocycles. The maximum Gasteiger partial charge on any atom is 0.224 e. The first-order chi connectivity index (χ1) is 10.6. The summed E-state index contributed by atoms with van der Waals surface area (Å²) in [7, 11) is 1.59. The van der Waals surface area contributed by atoms with Crippen LogP contribution in [-0.4, -0.2) is 18.8 Å². The van der Waals surface area contributed by atoms with Crippen LogP contribution in [0.2, 0.25) is 0 Å². The van der Waals surface area contributed by atoms with Crippen LogP contribution in [0.3, 0.4) is 0 Å². The second-order valence-corrected chi connectivity index (χ2v) is 4.93. The molecule has 0 atom stereocenters. The summed E-state index contributed by atoms with van der Waals surface area (Å²) in [4.78, 5) is 23.5. The van der Waals surface area contributed by atoms with Crippen molar-refractivity contribution >= 4 is 17.4 Å². The lowest BCUT2D eigenvalue weighted by Crippen LogP contribution is -2.09. The van der Waals surface area contributed by atoms with Gasteiger partial charge in [0.2, 0.25) is 5.91 Å². The Morgan fingerprint density at radius 2 is 1.64 bits per heavy atom. The monoisotopic (exact) mass is 297 g/mol. The molecular weight excluding hydrogens is 278 g/mol. The molecule has 2 aromatic rings. The zero-order valence-electron chi connectivity index (χ0n) is 12.8. The number of methoxy groups -OCH3 is 1. The molecule has 0 aliphatic carbocycles. The highest BCUT2D eigenvalue weighted by Gasteiger charge is 2.07. The lowest BCUT2D eigenvalue weighted by molar-refractivity contribution is -0.115. The molecule has 0 bridgehead atoms. The summed E-state index contributed by atoms with van der Waals surface area (Å²) in [5.41, 5.74) is 2.31. The number of carbonyl (C=O) groups excluding carboxylic acids is 2. The van der Waals surface area contributed by atoms with Crippen LogP contribution in [0, 0.1) is 0 Å². The van der Waals surface area contributed by atoms with Gasteiger partial charge in [-0.1, -0.05) is 19.1 Å². The van der Waals surface area contributed by atoms with Crippen LogP contribution in [0.15, 0.2) is 48.5 Å². The molecule has 0 aliphatic rings. The minimum absolute atomic E-state index is 0.0259. The first kappa shape index (κ1) is 15.8. The van der Waals surface area contributed by atoms with E-state index in [-0.39, 0.29) is 11.7 Å². The first-order valence-corrected chi connectivity index (χ1v) is 7.18. The van der Waals surface area contributed by atoms with Crippen molar-refractivity contribution in [3.8, 4) is 5.75 Å². The summed E-state index contributed by atoms with van der Waals surface area (Å²) in [5, 5.41) is 2.78. The van der Waals surface area contributed by atoms with E-state index in [2.05, 4.69) is 5.32 Å². The smallest absolute Gasteiger partial charge is 0.224 e. The Labute approximate surface area is 130 Å². The maximum atomic E-state index is 12.2. The van der Waals surface area contributed by atoms with Gasteiger partial charge in [-0.3, -0.25) is 9.59 Å². The third-order valence-corrected chi connectivity index (χ3v) is 3.34. The number of ether oxygens (including phenoxy) is 1. The second-order valence-electron chi connectivity index (χ2n) is 4.93. The van der Waals surface area contributed by atoms with Crippen molar-refractivity contribution in [2.75, 3.05) is 12.4 Å². The average Bonchev–Trinajstić information content (AvgIpc) is 2.56. The number of anilines is 1. The van der Waals surface area contributed by atoms with Gasteiger partial charge in [0.15, 0.2) is 5.78 Å². The Kier molecular flexibility index (Phi) is 5.31. The minimum atomic E-state index is -0.0259. The Morgan fingerprint density at radius 3 is 2.18 bits per heavy atom. The largest absolute Gasteiger partial charge is 0.497 e. The third-order valence-electron chi connectivity index (χ3n) is 3.34. The van der Waals surface area contributed by atoms with Crippen LogP contribution in [0.5, 0.6) is 5.75 Å². The molecule has 4 nitrogen and oxygen atoms in total. The quantitative estimate of drug-likeness (QED) is 0.831. The SMILES string of the molecule is CCC(=O)Nc1ccc(CC(=O)c2ccc(OC)cc2)cc1. The molecule has 114 valence electrons. The number of carbonyl (C=O) groups is 2. The van der Waals surface area contributed by atoms with Gasteiger partial charge in [-0.25, -0.2) is 0 Å². The van der Waals surface area contributed by atoms with Gasteiger partial charge < -0.3 is 10.1 Å². The summed E-state index contributed by atoms with van der Waals surface area (Å²) in [6.45, 7) is 1.80.